The first-order valence-electron chi connectivity index (χ1n) is 4.61. The molecule has 8 nitrogen and oxygen atoms in total. The van der Waals surface area contributed by atoms with Gasteiger partial charge in [0.25, 0.3) is 0 Å². The van der Waals surface area contributed by atoms with E-state index in [4.69, 9.17) is 5.11 Å². The summed E-state index contributed by atoms with van der Waals surface area (Å²) in [7, 11) is 0. The summed E-state index contributed by atoms with van der Waals surface area (Å²) < 4.78 is 12.8. The van der Waals surface area contributed by atoms with Gasteiger partial charge < -0.3 is 19.3 Å². The van der Waals surface area contributed by atoms with Crippen LogP contribution >= 0.6 is 0 Å². The first-order chi connectivity index (χ1) is 8.81. The van der Waals surface area contributed by atoms with Gasteiger partial charge in [0.1, 0.15) is 0 Å². The van der Waals surface area contributed by atoms with Gasteiger partial charge in [-0.15, -0.1) is 0 Å². The quantitative estimate of drug-likeness (QED) is 0.387. The molecule has 0 rings (SSSR count). The van der Waals surface area contributed by atoms with Crippen LogP contribution in [-0.4, -0.2) is 35.0 Å². The SMILES string of the molecule is C=CC(=O)OC(OC(=O)C=C)(OC(=O)C=C)C(=O)O. The van der Waals surface area contributed by atoms with Crippen molar-refractivity contribution in [3.8, 4) is 0 Å². The molecule has 0 aromatic heterocycles. The van der Waals surface area contributed by atoms with E-state index >= 15 is 0 Å². The highest BCUT2D eigenvalue weighted by Crippen LogP contribution is 2.18. The molecule has 19 heavy (non-hydrogen) atoms. The highest BCUT2D eigenvalue weighted by atomic mass is 16.9. The van der Waals surface area contributed by atoms with Crippen LogP contribution in [0.3, 0.4) is 0 Å². The molecule has 1 N–H and O–H groups in total. The molecular formula is C11H10O8. The van der Waals surface area contributed by atoms with Gasteiger partial charge in [-0.1, -0.05) is 19.7 Å². The smallest absolute Gasteiger partial charge is 0.472 e. The molecule has 8 heteroatoms. The number of ether oxygens (including phenoxy) is 3. The van der Waals surface area contributed by atoms with Crippen molar-refractivity contribution in [1.82, 2.24) is 0 Å². The minimum atomic E-state index is -3.28. The molecular weight excluding hydrogens is 260 g/mol. The van der Waals surface area contributed by atoms with Crippen LogP contribution in [0.1, 0.15) is 0 Å². The zero-order valence-electron chi connectivity index (χ0n) is 9.66. The van der Waals surface area contributed by atoms with Crippen LogP contribution in [0.2, 0.25) is 0 Å². The van der Waals surface area contributed by atoms with E-state index in [2.05, 4.69) is 33.9 Å². The van der Waals surface area contributed by atoms with E-state index in [1.54, 1.807) is 0 Å². The van der Waals surface area contributed by atoms with E-state index in [-0.39, 0.29) is 0 Å². The average Bonchev–Trinajstić information content (AvgIpc) is 2.37. The summed E-state index contributed by atoms with van der Waals surface area (Å²) >= 11 is 0. The van der Waals surface area contributed by atoms with Gasteiger partial charge in [-0.2, -0.15) is 0 Å². The molecule has 0 aliphatic carbocycles. The number of esters is 3. The van der Waals surface area contributed by atoms with Gasteiger partial charge in [0, 0.05) is 18.2 Å². The van der Waals surface area contributed by atoms with Gasteiger partial charge in [0.05, 0.1) is 0 Å². The number of hydrogen-bond donors (Lipinski definition) is 1. The predicted molar refractivity (Wildman–Crippen MR) is 59.2 cm³/mol. The fourth-order valence-corrected chi connectivity index (χ4v) is 0.716. The Labute approximate surface area is 107 Å². The second-order valence-corrected chi connectivity index (χ2v) is 2.74. The Bertz CT molecular complexity index is 393. The van der Waals surface area contributed by atoms with E-state index in [9.17, 15) is 19.2 Å². The Balaban J connectivity index is 5.50. The molecule has 0 heterocycles. The maximum atomic E-state index is 11.0. The number of aliphatic carboxylic acids is 1. The number of carboxylic acids is 1. The monoisotopic (exact) mass is 270 g/mol. The molecule has 0 aliphatic rings. The van der Waals surface area contributed by atoms with Crippen LogP contribution in [0.5, 0.6) is 0 Å². The number of hydrogen-bond acceptors (Lipinski definition) is 7. The van der Waals surface area contributed by atoms with Crippen molar-refractivity contribution < 1.29 is 38.5 Å². The van der Waals surface area contributed by atoms with Gasteiger partial charge in [-0.05, 0) is 0 Å². The molecule has 0 bridgehead atoms. The molecule has 0 fully saturated rings. The molecule has 0 atom stereocenters. The van der Waals surface area contributed by atoms with E-state index in [1.165, 1.54) is 0 Å². The molecule has 102 valence electrons. The number of carbonyl (C=O) groups is 4. The summed E-state index contributed by atoms with van der Waals surface area (Å²) in [5.74, 6) is -9.21. The number of carbonyl (C=O) groups excluding carboxylic acids is 3. The third kappa shape index (κ3) is 4.46. The molecule has 0 aromatic rings. The predicted octanol–water partition coefficient (Wildman–Crippen LogP) is -0.0876. The van der Waals surface area contributed by atoms with Crippen molar-refractivity contribution in [2.45, 2.75) is 5.97 Å². The third-order valence-corrected chi connectivity index (χ3v) is 1.47. The Morgan fingerprint density at radius 1 is 0.789 bits per heavy atom. The number of carboxylic acid groups (broad SMARTS) is 1. The largest absolute Gasteiger partial charge is 0.530 e. The van der Waals surface area contributed by atoms with E-state index < -0.39 is 29.9 Å². The molecule has 0 radical (unpaired) electrons. The van der Waals surface area contributed by atoms with Crippen LogP contribution in [0.15, 0.2) is 38.0 Å². The van der Waals surface area contributed by atoms with Crippen molar-refractivity contribution in [2.24, 2.45) is 0 Å². The van der Waals surface area contributed by atoms with Gasteiger partial charge in [-0.3, -0.25) is 0 Å². The molecule has 0 saturated heterocycles. The highest BCUT2D eigenvalue weighted by molar-refractivity contribution is 5.91. The highest BCUT2D eigenvalue weighted by Gasteiger charge is 2.52. The first-order valence-corrected chi connectivity index (χ1v) is 4.61. The maximum absolute atomic E-state index is 11.0. The minimum Gasteiger partial charge on any atom is -0.472 e. The van der Waals surface area contributed by atoms with Crippen molar-refractivity contribution in [2.75, 3.05) is 0 Å². The molecule has 0 unspecified atom stereocenters. The summed E-state index contributed by atoms with van der Waals surface area (Å²) in [5, 5.41) is 8.92. The lowest BCUT2D eigenvalue weighted by atomic mass is 10.5. The summed E-state index contributed by atoms with van der Waals surface area (Å²) in [6.07, 6.45) is 1.75. The lowest BCUT2D eigenvalue weighted by Crippen LogP contribution is -2.50. The Morgan fingerprint density at radius 3 is 1.21 bits per heavy atom. The van der Waals surface area contributed by atoms with E-state index in [1.807, 2.05) is 0 Å². The Morgan fingerprint density at radius 2 is 1.05 bits per heavy atom. The topological polar surface area (TPSA) is 116 Å². The first kappa shape index (κ1) is 16.1. The van der Waals surface area contributed by atoms with Gasteiger partial charge in [0.15, 0.2) is 0 Å². The lowest BCUT2D eigenvalue weighted by Gasteiger charge is -2.25. The van der Waals surface area contributed by atoms with Crippen molar-refractivity contribution in [1.29, 1.82) is 0 Å². The van der Waals surface area contributed by atoms with Crippen LogP contribution in [-0.2, 0) is 33.4 Å². The minimum absolute atomic E-state index is 0.585. The molecule has 0 aliphatic heterocycles. The Kier molecular flexibility index (Phi) is 5.71. The van der Waals surface area contributed by atoms with Crippen molar-refractivity contribution in [3.05, 3.63) is 38.0 Å². The molecule has 0 amide bonds. The fourth-order valence-electron chi connectivity index (χ4n) is 0.716. The summed E-state index contributed by atoms with van der Waals surface area (Å²) in [4.78, 5) is 44.1. The number of rotatable bonds is 7. The van der Waals surface area contributed by atoms with Crippen LogP contribution in [0.4, 0.5) is 0 Å². The molecule has 0 aromatic carbocycles. The normalized spacial score (nSPS) is 9.68. The third-order valence-electron chi connectivity index (χ3n) is 1.47. The summed E-state index contributed by atoms with van der Waals surface area (Å²) in [5.41, 5.74) is 0. The zero-order chi connectivity index (χ0) is 15.1. The van der Waals surface area contributed by atoms with Crippen LogP contribution < -0.4 is 0 Å². The summed E-state index contributed by atoms with van der Waals surface area (Å²) in [6.45, 7) is 9.04. The second-order valence-electron chi connectivity index (χ2n) is 2.74. The molecule has 0 spiro atoms. The Hall–Kier alpha value is -2.90. The maximum Gasteiger partial charge on any atom is 0.530 e. The summed E-state index contributed by atoms with van der Waals surface area (Å²) in [6, 6.07) is 0. The van der Waals surface area contributed by atoms with Gasteiger partial charge in [0.2, 0.25) is 0 Å². The standard InChI is InChI=1S/C11H10O8/c1-4-7(12)17-11(10(15)16,18-8(13)5-2)19-9(14)6-3/h4-6H,1-3H2,(H,15,16). The fraction of sp³-hybridized carbons (Fsp3) is 0.0909. The van der Waals surface area contributed by atoms with E-state index in [0.29, 0.717) is 18.2 Å². The van der Waals surface area contributed by atoms with Crippen LogP contribution in [0, 0.1) is 0 Å². The van der Waals surface area contributed by atoms with Crippen molar-refractivity contribution >= 4 is 23.9 Å². The average molecular weight is 270 g/mol. The zero-order valence-corrected chi connectivity index (χ0v) is 9.66. The lowest BCUT2D eigenvalue weighted by molar-refractivity contribution is -0.314. The second kappa shape index (κ2) is 6.74. The van der Waals surface area contributed by atoms with Gasteiger partial charge >= 0.3 is 29.9 Å². The van der Waals surface area contributed by atoms with Crippen LogP contribution in [0.25, 0.3) is 0 Å². The molecule has 0 saturated carbocycles. The van der Waals surface area contributed by atoms with Gasteiger partial charge in [-0.25, -0.2) is 19.2 Å². The van der Waals surface area contributed by atoms with E-state index in [0.717, 1.165) is 0 Å². The van der Waals surface area contributed by atoms with Crippen molar-refractivity contribution in [3.63, 3.8) is 0 Å².